The third kappa shape index (κ3) is 9.29. The Morgan fingerprint density at radius 2 is 1.38 bits per heavy atom. The van der Waals surface area contributed by atoms with E-state index in [1.165, 1.54) is 0 Å². The number of carboxylic acid groups (broad SMARTS) is 2. The molecule has 0 aromatic rings. The summed E-state index contributed by atoms with van der Waals surface area (Å²) in [6.45, 7) is 0. The number of rotatable bonds is 2. The van der Waals surface area contributed by atoms with Crippen molar-refractivity contribution in [1.29, 1.82) is 0 Å². The molecule has 0 atom stereocenters. The van der Waals surface area contributed by atoms with Crippen molar-refractivity contribution in [2.45, 2.75) is 6.42 Å². The van der Waals surface area contributed by atoms with Gasteiger partial charge in [0, 0.05) is 0 Å². The van der Waals surface area contributed by atoms with Crippen molar-refractivity contribution in [3.05, 3.63) is 0 Å². The van der Waals surface area contributed by atoms with Crippen molar-refractivity contribution in [2.75, 3.05) is 0 Å². The van der Waals surface area contributed by atoms with Gasteiger partial charge in [-0.1, -0.05) is 0 Å². The Morgan fingerprint density at radius 3 is 1.38 bits per heavy atom. The molecule has 8 heavy (non-hydrogen) atoms. The minimum absolute atomic E-state index is 0. The molecule has 0 saturated heterocycles. The van der Waals surface area contributed by atoms with Crippen LogP contribution in [0.4, 0.5) is 0 Å². The molecule has 0 rings (SSSR count). The SMILES string of the molecule is O=C(O)CC(=O)O.[PbH2]. The van der Waals surface area contributed by atoms with E-state index in [9.17, 15) is 9.59 Å². The molecule has 0 fully saturated rings. The van der Waals surface area contributed by atoms with Gasteiger partial charge in [-0.25, -0.2) is 0 Å². The predicted molar refractivity (Wildman–Crippen MR) is 28.4 cm³/mol. The standard InChI is InChI=1S/C3H4O4.Pb.2H/c4-2(5)1-3(6)7;;;/h1H2,(H,4,5)(H,6,7);;;. The molecule has 0 bridgehead atoms. The molecule has 0 aliphatic rings. The Labute approximate surface area is 65.7 Å². The van der Waals surface area contributed by atoms with Gasteiger partial charge in [0.1, 0.15) is 6.42 Å². The topological polar surface area (TPSA) is 74.6 Å². The van der Waals surface area contributed by atoms with Gasteiger partial charge < -0.3 is 10.2 Å². The first-order chi connectivity index (χ1) is 3.13. The fourth-order valence-corrected chi connectivity index (χ4v) is 0.129. The Morgan fingerprint density at radius 1 is 1.12 bits per heavy atom. The molecule has 0 heterocycles. The summed E-state index contributed by atoms with van der Waals surface area (Å²) in [5.41, 5.74) is 0. The van der Waals surface area contributed by atoms with Gasteiger partial charge in [0.15, 0.2) is 0 Å². The number of carboxylic acids is 2. The second-order valence-electron chi connectivity index (χ2n) is 0.964. The Kier molecular flexibility index (Phi) is 6.74. The zero-order valence-electron chi connectivity index (χ0n) is 4.13. The summed E-state index contributed by atoms with van der Waals surface area (Å²) < 4.78 is 0. The van der Waals surface area contributed by atoms with E-state index in [0.29, 0.717) is 0 Å². The second-order valence-corrected chi connectivity index (χ2v) is 0.964. The van der Waals surface area contributed by atoms with E-state index in [2.05, 4.69) is 0 Å². The summed E-state index contributed by atoms with van der Waals surface area (Å²) in [6.07, 6.45) is -0.806. The fraction of sp³-hybridized carbons (Fsp3) is 0.333. The average Bonchev–Trinajstić information content (AvgIpc) is 1.27. The van der Waals surface area contributed by atoms with Crippen LogP contribution < -0.4 is 0 Å². The van der Waals surface area contributed by atoms with E-state index in [0.717, 1.165) is 0 Å². The molecule has 0 spiro atoms. The Bertz CT molecular complexity index is 87.5. The van der Waals surface area contributed by atoms with E-state index in [1.807, 2.05) is 0 Å². The van der Waals surface area contributed by atoms with Crippen LogP contribution in [0.25, 0.3) is 0 Å². The number of aliphatic carboxylic acids is 2. The van der Waals surface area contributed by atoms with E-state index < -0.39 is 18.4 Å². The average molecular weight is 313 g/mol. The fourth-order valence-electron chi connectivity index (χ4n) is 0.129. The van der Waals surface area contributed by atoms with Gasteiger partial charge in [0.2, 0.25) is 0 Å². The molecule has 4 nitrogen and oxygen atoms in total. The van der Waals surface area contributed by atoms with Gasteiger partial charge in [0.25, 0.3) is 0 Å². The summed E-state index contributed by atoms with van der Waals surface area (Å²) >= 11 is 0. The zero-order valence-corrected chi connectivity index (χ0v) is 9.62. The van der Waals surface area contributed by atoms with Crippen LogP contribution in [0.2, 0.25) is 0 Å². The normalized spacial score (nSPS) is 7.00. The van der Waals surface area contributed by atoms with Gasteiger partial charge in [-0.15, -0.1) is 0 Å². The third-order valence-corrected chi connectivity index (χ3v) is 0.302. The minimum atomic E-state index is -1.31. The van der Waals surface area contributed by atoms with Crippen LogP contribution in [0, 0.1) is 0 Å². The van der Waals surface area contributed by atoms with Crippen LogP contribution in [0.15, 0.2) is 0 Å². The van der Waals surface area contributed by atoms with E-state index >= 15 is 0 Å². The van der Waals surface area contributed by atoms with Crippen LogP contribution in [0.5, 0.6) is 0 Å². The van der Waals surface area contributed by atoms with Crippen LogP contribution in [-0.4, -0.2) is 49.5 Å². The third-order valence-electron chi connectivity index (χ3n) is 0.302. The molecular weight excluding hydrogens is 307 g/mol. The molecule has 2 radical (unpaired) electrons. The van der Waals surface area contributed by atoms with E-state index in [4.69, 9.17) is 10.2 Å². The first-order valence-electron chi connectivity index (χ1n) is 1.56. The first-order valence-corrected chi connectivity index (χ1v) is 1.56. The van der Waals surface area contributed by atoms with Gasteiger partial charge in [-0.3, -0.25) is 9.59 Å². The molecule has 2 N–H and O–H groups in total. The van der Waals surface area contributed by atoms with E-state index in [-0.39, 0.29) is 27.3 Å². The molecule has 5 heteroatoms. The van der Waals surface area contributed by atoms with Crippen LogP contribution >= 0.6 is 0 Å². The summed E-state index contributed by atoms with van der Waals surface area (Å²) in [6, 6.07) is 0. The van der Waals surface area contributed by atoms with Crippen molar-refractivity contribution in [2.24, 2.45) is 0 Å². The summed E-state index contributed by atoms with van der Waals surface area (Å²) in [5.74, 6) is -2.62. The van der Waals surface area contributed by atoms with Crippen molar-refractivity contribution in [3.8, 4) is 0 Å². The van der Waals surface area contributed by atoms with Crippen molar-refractivity contribution in [3.63, 3.8) is 0 Å². The summed E-state index contributed by atoms with van der Waals surface area (Å²) in [5, 5.41) is 15.4. The number of carbonyl (C=O) groups is 2. The first kappa shape index (κ1) is 10.8. The summed E-state index contributed by atoms with van der Waals surface area (Å²) in [7, 11) is 0. The maximum atomic E-state index is 9.43. The van der Waals surface area contributed by atoms with Crippen molar-refractivity contribution >= 4 is 39.2 Å². The molecular formula is C3H6O4Pb. The van der Waals surface area contributed by atoms with E-state index in [1.54, 1.807) is 0 Å². The van der Waals surface area contributed by atoms with Crippen molar-refractivity contribution < 1.29 is 19.8 Å². The molecule has 46 valence electrons. The maximum absolute atomic E-state index is 9.43. The molecule has 0 amide bonds. The molecule has 0 aromatic heterocycles. The Hall–Kier alpha value is -0.138. The monoisotopic (exact) mass is 314 g/mol. The van der Waals surface area contributed by atoms with Gasteiger partial charge >= 0.3 is 39.2 Å². The Balaban J connectivity index is 0. The number of hydrogen-bond acceptors (Lipinski definition) is 2. The number of hydrogen-bond donors (Lipinski definition) is 2. The van der Waals surface area contributed by atoms with Crippen LogP contribution in [0.1, 0.15) is 6.42 Å². The quantitative estimate of drug-likeness (QED) is 0.487. The van der Waals surface area contributed by atoms with Crippen molar-refractivity contribution in [1.82, 2.24) is 0 Å². The van der Waals surface area contributed by atoms with Crippen LogP contribution in [-0.2, 0) is 9.59 Å². The van der Waals surface area contributed by atoms with Gasteiger partial charge in [-0.05, 0) is 0 Å². The molecule has 0 saturated carbocycles. The molecule has 0 aromatic carbocycles. The second kappa shape index (κ2) is 5.01. The zero-order chi connectivity index (χ0) is 5.86. The molecule has 0 unspecified atom stereocenters. The molecule has 0 aliphatic carbocycles. The predicted octanol–water partition coefficient (Wildman–Crippen LogP) is -1.37. The van der Waals surface area contributed by atoms with Gasteiger partial charge in [0.05, 0.1) is 0 Å². The summed E-state index contributed by atoms with van der Waals surface area (Å²) in [4.78, 5) is 18.9. The molecule has 0 aliphatic heterocycles. The van der Waals surface area contributed by atoms with Gasteiger partial charge in [-0.2, -0.15) is 0 Å². The van der Waals surface area contributed by atoms with Crippen LogP contribution in [0.3, 0.4) is 0 Å².